The zero-order chi connectivity index (χ0) is 17.1. The second-order valence-electron chi connectivity index (χ2n) is 5.67. The minimum Gasteiger partial charge on any atom is -0.480 e. The molecular formula is C18H19N3O3. The quantitative estimate of drug-likeness (QED) is 0.878. The number of pyridine rings is 1. The van der Waals surface area contributed by atoms with Crippen molar-refractivity contribution < 1.29 is 14.6 Å². The molecule has 1 aliphatic heterocycles. The average Bonchev–Trinajstić information content (AvgIpc) is 2.96. The molecule has 0 amide bonds. The first-order valence-corrected chi connectivity index (χ1v) is 7.63. The Kier molecular flexibility index (Phi) is 4.48. The molecule has 0 spiro atoms. The lowest BCUT2D eigenvalue weighted by Crippen LogP contribution is -2.38. The van der Waals surface area contributed by atoms with Gasteiger partial charge >= 0.3 is 5.97 Å². The van der Waals surface area contributed by atoms with Gasteiger partial charge in [0.2, 0.25) is 5.88 Å². The van der Waals surface area contributed by atoms with Crippen LogP contribution in [0.4, 0.5) is 0 Å². The first-order valence-electron chi connectivity index (χ1n) is 7.63. The number of nitrogens with one attached hydrogen (secondary N) is 1. The molecule has 6 heteroatoms. The Balaban J connectivity index is 1.75. The van der Waals surface area contributed by atoms with E-state index in [9.17, 15) is 4.79 Å². The first kappa shape index (κ1) is 16.0. The molecule has 1 aromatic heterocycles. The number of carbonyl (C=O) groups is 1. The fraction of sp³-hybridized carbons (Fsp3) is 0.222. The van der Waals surface area contributed by atoms with Crippen molar-refractivity contribution in [1.82, 2.24) is 15.4 Å². The van der Waals surface area contributed by atoms with Crippen molar-refractivity contribution in [3.8, 4) is 5.88 Å². The highest BCUT2D eigenvalue weighted by Crippen LogP contribution is 2.26. The van der Waals surface area contributed by atoms with Gasteiger partial charge in [-0.3, -0.25) is 4.79 Å². The van der Waals surface area contributed by atoms with Crippen LogP contribution >= 0.6 is 0 Å². The summed E-state index contributed by atoms with van der Waals surface area (Å²) in [5.74, 6) is -0.366. The van der Waals surface area contributed by atoms with Crippen LogP contribution in [0.25, 0.3) is 5.70 Å². The molecule has 1 atom stereocenters. The maximum Gasteiger partial charge on any atom is 0.326 e. The zero-order valence-electron chi connectivity index (χ0n) is 13.6. The summed E-state index contributed by atoms with van der Waals surface area (Å²) in [5.41, 5.74) is 6.59. The second-order valence-corrected chi connectivity index (χ2v) is 5.67. The highest BCUT2D eigenvalue weighted by Gasteiger charge is 2.27. The van der Waals surface area contributed by atoms with Crippen molar-refractivity contribution >= 4 is 11.7 Å². The van der Waals surface area contributed by atoms with Crippen LogP contribution in [-0.2, 0) is 11.4 Å². The van der Waals surface area contributed by atoms with Crippen molar-refractivity contribution in [3.05, 3.63) is 65.4 Å². The number of hydrogen-bond acceptors (Lipinski definition) is 5. The third-order valence-corrected chi connectivity index (χ3v) is 3.88. The van der Waals surface area contributed by atoms with Crippen molar-refractivity contribution in [2.45, 2.75) is 19.6 Å². The maximum atomic E-state index is 11.1. The summed E-state index contributed by atoms with van der Waals surface area (Å²) in [6, 6.07) is 11.0. The molecule has 3 rings (SSSR count). The average molecular weight is 325 g/mol. The number of benzene rings is 1. The van der Waals surface area contributed by atoms with E-state index < -0.39 is 12.0 Å². The monoisotopic (exact) mass is 325 g/mol. The Morgan fingerprint density at radius 3 is 2.75 bits per heavy atom. The van der Waals surface area contributed by atoms with E-state index in [4.69, 9.17) is 9.84 Å². The van der Waals surface area contributed by atoms with E-state index in [0.717, 1.165) is 22.4 Å². The molecule has 24 heavy (non-hydrogen) atoms. The lowest BCUT2D eigenvalue weighted by Gasteiger charge is -2.19. The van der Waals surface area contributed by atoms with Gasteiger partial charge in [0.1, 0.15) is 12.6 Å². The molecular weight excluding hydrogens is 306 g/mol. The molecule has 0 saturated heterocycles. The Hall–Kier alpha value is -2.86. The fourth-order valence-corrected chi connectivity index (χ4v) is 2.59. The van der Waals surface area contributed by atoms with Crippen LogP contribution in [0.1, 0.15) is 16.7 Å². The van der Waals surface area contributed by atoms with Gasteiger partial charge in [-0.25, -0.2) is 10.4 Å². The Bertz CT molecular complexity index is 774. The molecule has 1 aromatic carbocycles. The minimum atomic E-state index is -0.912. The normalized spacial score (nSPS) is 16.8. The second kappa shape index (κ2) is 6.72. The summed E-state index contributed by atoms with van der Waals surface area (Å²) in [6.07, 6.45) is 3.39. The van der Waals surface area contributed by atoms with Crippen LogP contribution in [-0.4, -0.2) is 34.2 Å². The molecule has 2 aromatic rings. The molecule has 0 radical (unpaired) electrons. The number of carboxylic acids is 1. The number of hydrogen-bond donors (Lipinski definition) is 2. The molecule has 0 saturated carbocycles. The smallest absolute Gasteiger partial charge is 0.326 e. The number of nitrogens with zero attached hydrogens (tertiary/aromatic N) is 2. The summed E-state index contributed by atoms with van der Waals surface area (Å²) in [4.78, 5) is 15.5. The minimum absolute atomic E-state index is 0.456. The summed E-state index contributed by atoms with van der Waals surface area (Å²) >= 11 is 0. The Morgan fingerprint density at radius 1 is 1.38 bits per heavy atom. The number of aryl methyl sites for hydroxylation is 1. The van der Waals surface area contributed by atoms with E-state index >= 15 is 0 Å². The highest BCUT2D eigenvalue weighted by molar-refractivity contribution is 5.82. The predicted octanol–water partition coefficient (Wildman–Crippen LogP) is 2.21. The van der Waals surface area contributed by atoms with Crippen molar-refractivity contribution in [3.63, 3.8) is 0 Å². The van der Waals surface area contributed by atoms with Crippen molar-refractivity contribution in [2.75, 3.05) is 7.05 Å². The number of rotatable bonds is 5. The van der Waals surface area contributed by atoms with Crippen LogP contribution in [0.5, 0.6) is 5.88 Å². The van der Waals surface area contributed by atoms with Gasteiger partial charge in [-0.05, 0) is 24.1 Å². The van der Waals surface area contributed by atoms with Gasteiger partial charge < -0.3 is 14.9 Å². The SMILES string of the molecule is Cc1cc(OCc2ccccc2)ncc1C1=CC(C(=O)O)NN1C. The summed E-state index contributed by atoms with van der Waals surface area (Å²) in [6.45, 7) is 2.41. The van der Waals surface area contributed by atoms with Gasteiger partial charge in [0.15, 0.2) is 0 Å². The Labute approximate surface area is 140 Å². The number of aromatic nitrogens is 1. The van der Waals surface area contributed by atoms with E-state index in [1.807, 2.05) is 43.3 Å². The molecule has 124 valence electrons. The fourth-order valence-electron chi connectivity index (χ4n) is 2.59. The van der Waals surface area contributed by atoms with Crippen molar-refractivity contribution in [2.24, 2.45) is 0 Å². The molecule has 6 nitrogen and oxygen atoms in total. The number of carboxylic acid groups (broad SMARTS) is 1. The summed E-state index contributed by atoms with van der Waals surface area (Å²) < 4.78 is 5.72. The van der Waals surface area contributed by atoms with E-state index in [1.165, 1.54) is 0 Å². The van der Waals surface area contributed by atoms with Crippen LogP contribution in [0.3, 0.4) is 0 Å². The standard InChI is InChI=1S/C18H19N3O3/c1-12-8-17(24-11-13-6-4-3-5-7-13)19-10-14(12)16-9-15(18(22)23)20-21(16)2/h3-10,15,20H,11H2,1-2H3,(H,22,23). The lowest BCUT2D eigenvalue weighted by atomic mass is 10.1. The molecule has 1 unspecified atom stereocenters. The van der Waals surface area contributed by atoms with Crippen LogP contribution in [0.15, 0.2) is 48.7 Å². The topological polar surface area (TPSA) is 74.7 Å². The maximum absolute atomic E-state index is 11.1. The zero-order valence-corrected chi connectivity index (χ0v) is 13.6. The third kappa shape index (κ3) is 3.38. The molecule has 0 fully saturated rings. The van der Waals surface area contributed by atoms with E-state index in [-0.39, 0.29) is 0 Å². The number of ether oxygens (including phenoxy) is 1. The van der Waals surface area contributed by atoms with Crippen LogP contribution in [0.2, 0.25) is 0 Å². The van der Waals surface area contributed by atoms with E-state index in [2.05, 4.69) is 10.4 Å². The third-order valence-electron chi connectivity index (χ3n) is 3.88. The number of hydrazine groups is 1. The largest absolute Gasteiger partial charge is 0.480 e. The molecule has 2 N–H and O–H groups in total. The number of aliphatic carboxylic acids is 1. The van der Waals surface area contributed by atoms with E-state index in [1.54, 1.807) is 24.3 Å². The van der Waals surface area contributed by atoms with Gasteiger partial charge in [-0.1, -0.05) is 30.3 Å². The summed E-state index contributed by atoms with van der Waals surface area (Å²) in [5, 5.41) is 10.8. The molecule has 0 bridgehead atoms. The first-order chi connectivity index (χ1) is 11.5. The van der Waals surface area contributed by atoms with Crippen LogP contribution in [0, 0.1) is 6.92 Å². The van der Waals surface area contributed by atoms with Crippen molar-refractivity contribution in [1.29, 1.82) is 0 Å². The van der Waals surface area contributed by atoms with Crippen LogP contribution < -0.4 is 10.2 Å². The Morgan fingerprint density at radius 2 is 2.12 bits per heavy atom. The lowest BCUT2D eigenvalue weighted by molar-refractivity contribution is -0.138. The molecule has 1 aliphatic rings. The summed E-state index contributed by atoms with van der Waals surface area (Å²) in [7, 11) is 1.79. The molecule has 0 aliphatic carbocycles. The molecule has 2 heterocycles. The van der Waals surface area contributed by atoms with E-state index in [0.29, 0.717) is 12.5 Å². The van der Waals surface area contributed by atoms with Gasteiger partial charge in [-0.15, -0.1) is 0 Å². The van der Waals surface area contributed by atoms with Gasteiger partial charge in [0, 0.05) is 24.9 Å². The predicted molar refractivity (Wildman–Crippen MR) is 90.0 cm³/mol. The van der Waals surface area contributed by atoms with Gasteiger partial charge in [-0.2, -0.15) is 0 Å². The van der Waals surface area contributed by atoms with Gasteiger partial charge in [0.25, 0.3) is 0 Å². The highest BCUT2D eigenvalue weighted by atomic mass is 16.5. The van der Waals surface area contributed by atoms with Gasteiger partial charge in [0.05, 0.1) is 5.70 Å².